The molecule has 36 heavy (non-hydrogen) atoms. The summed E-state index contributed by atoms with van der Waals surface area (Å²) in [5, 5.41) is 11.6. The minimum Gasteiger partial charge on any atom is -0.306 e. The maximum absolute atomic E-state index is 14.8. The second-order valence-electron chi connectivity index (χ2n) is 7.78. The zero-order chi connectivity index (χ0) is 25.8. The molecule has 0 bridgehead atoms. The predicted octanol–water partition coefficient (Wildman–Crippen LogP) is 4.22. The van der Waals surface area contributed by atoms with Crippen LogP contribution in [0.4, 0.5) is 10.2 Å². The number of carbonyl (C=O) groups is 1. The van der Waals surface area contributed by atoms with Gasteiger partial charge in [-0.1, -0.05) is 35.9 Å². The second-order valence-corrected chi connectivity index (χ2v) is 8.25. The van der Waals surface area contributed by atoms with E-state index in [0.717, 1.165) is 16.7 Å². The number of benzene rings is 2. The Balaban J connectivity index is 0.000000709. The van der Waals surface area contributed by atoms with Crippen molar-refractivity contribution >= 4 is 27.9 Å². The molecule has 0 aliphatic rings. The average molecular weight is 506 g/mol. The molecule has 182 valence electrons. The summed E-state index contributed by atoms with van der Waals surface area (Å²) < 4.78 is 40.6. The number of rotatable bonds is 4. The molecule has 5 aromatic rings. The third kappa shape index (κ3) is 5.33. The maximum Gasteiger partial charge on any atom is 0.308 e. The normalized spacial score (nSPS) is 10.5. The van der Waals surface area contributed by atoms with E-state index in [1.54, 1.807) is 36.7 Å². The Morgan fingerprint density at radius 3 is 2.44 bits per heavy atom. The number of hydrogen-bond donors (Lipinski definition) is 2. The van der Waals surface area contributed by atoms with Crippen LogP contribution in [0.2, 0.25) is 0 Å². The lowest BCUT2D eigenvalue weighted by molar-refractivity contribution is 0.102. The molecular formula is C24H20FN7O3S. The molecule has 10 nitrogen and oxygen atoms in total. The van der Waals surface area contributed by atoms with Crippen LogP contribution >= 0.6 is 0 Å². The van der Waals surface area contributed by atoms with Gasteiger partial charge in [-0.2, -0.15) is 23.4 Å². The first kappa shape index (κ1) is 24.4. The SMILES string of the molecule is Cc1ccc(-c2cc(NC(=O)c3cnn4cccnc34)n(-c3ccc(C)cc3F)n2)cc1.N=S(=O)=O. The first-order valence-electron chi connectivity index (χ1n) is 10.6. The maximum atomic E-state index is 14.8. The van der Waals surface area contributed by atoms with Gasteiger partial charge in [0.2, 0.25) is 0 Å². The Kier molecular flexibility index (Phi) is 6.97. The molecule has 0 atom stereocenters. The first-order chi connectivity index (χ1) is 17.2. The lowest BCUT2D eigenvalue weighted by Crippen LogP contribution is -2.15. The minimum atomic E-state index is -2.61. The van der Waals surface area contributed by atoms with E-state index in [4.69, 9.17) is 13.2 Å². The zero-order valence-corrected chi connectivity index (χ0v) is 20.0. The number of hydrogen-bond acceptors (Lipinski definition) is 7. The average Bonchev–Trinajstić information content (AvgIpc) is 3.44. The topological polar surface area (TPSA) is 135 Å². The van der Waals surface area contributed by atoms with Gasteiger partial charge in [0.15, 0.2) is 5.65 Å². The van der Waals surface area contributed by atoms with Crippen LogP contribution < -0.4 is 5.32 Å². The lowest BCUT2D eigenvalue weighted by atomic mass is 10.1. The Bertz CT molecular complexity index is 1670. The van der Waals surface area contributed by atoms with Crippen LogP contribution in [0.15, 0.2) is 73.2 Å². The standard InChI is InChI=1S/C24H19FN6O.HNO2S/c1-15-4-7-17(8-5-15)20-13-22(31(29-20)21-9-6-16(2)12-19(21)25)28-24(32)18-14-27-30-11-3-10-26-23(18)30;1-4(2)3/h3-14H,1-2H3,(H,28,32);1H. The van der Waals surface area contributed by atoms with Crippen molar-refractivity contribution in [2.24, 2.45) is 0 Å². The molecule has 2 N–H and O–H groups in total. The van der Waals surface area contributed by atoms with Crippen LogP contribution in [0, 0.1) is 24.4 Å². The number of anilines is 1. The highest BCUT2D eigenvalue weighted by Gasteiger charge is 2.19. The third-order valence-corrected chi connectivity index (χ3v) is 5.15. The Morgan fingerprint density at radius 1 is 1.06 bits per heavy atom. The summed E-state index contributed by atoms with van der Waals surface area (Å²) in [6, 6.07) is 16.2. The van der Waals surface area contributed by atoms with E-state index in [1.165, 1.54) is 21.5 Å². The Morgan fingerprint density at radius 2 is 1.75 bits per heavy atom. The van der Waals surface area contributed by atoms with Crippen molar-refractivity contribution in [3.8, 4) is 16.9 Å². The van der Waals surface area contributed by atoms with Crippen molar-refractivity contribution in [1.29, 1.82) is 4.78 Å². The quantitative estimate of drug-likeness (QED) is 0.376. The molecule has 1 amide bonds. The molecule has 0 saturated heterocycles. The van der Waals surface area contributed by atoms with Crippen LogP contribution in [0.5, 0.6) is 0 Å². The second kappa shape index (κ2) is 10.3. The van der Waals surface area contributed by atoms with E-state index in [0.29, 0.717) is 22.7 Å². The molecule has 0 aliphatic carbocycles. The summed E-state index contributed by atoms with van der Waals surface area (Å²) in [5.41, 5.74) is 4.35. The molecule has 0 unspecified atom stereocenters. The number of fused-ring (bicyclic) bond motifs is 1. The lowest BCUT2D eigenvalue weighted by Gasteiger charge is -2.10. The van der Waals surface area contributed by atoms with Crippen molar-refractivity contribution < 1.29 is 17.6 Å². The van der Waals surface area contributed by atoms with E-state index in [1.807, 2.05) is 38.1 Å². The van der Waals surface area contributed by atoms with Gasteiger partial charge in [-0.05, 0) is 37.6 Å². The smallest absolute Gasteiger partial charge is 0.306 e. The van der Waals surface area contributed by atoms with Crippen molar-refractivity contribution in [3.63, 3.8) is 0 Å². The number of carbonyl (C=O) groups excluding carboxylic acids is 1. The minimum absolute atomic E-state index is 0.238. The number of amides is 1. The number of halogens is 1. The fourth-order valence-electron chi connectivity index (χ4n) is 3.47. The van der Waals surface area contributed by atoms with Gasteiger partial charge in [0.25, 0.3) is 5.91 Å². The van der Waals surface area contributed by atoms with E-state index in [-0.39, 0.29) is 5.69 Å². The number of aromatic nitrogens is 5. The van der Waals surface area contributed by atoms with Gasteiger partial charge in [0, 0.05) is 24.0 Å². The molecular weight excluding hydrogens is 485 g/mol. The highest BCUT2D eigenvalue weighted by Crippen LogP contribution is 2.27. The molecule has 0 radical (unpaired) electrons. The molecule has 0 spiro atoms. The summed E-state index contributed by atoms with van der Waals surface area (Å²) in [5.74, 6) is -0.511. The summed E-state index contributed by atoms with van der Waals surface area (Å²) in [6.07, 6.45) is 4.75. The van der Waals surface area contributed by atoms with Crippen LogP contribution in [0.3, 0.4) is 0 Å². The zero-order valence-electron chi connectivity index (χ0n) is 19.2. The van der Waals surface area contributed by atoms with Crippen LogP contribution in [-0.4, -0.2) is 38.7 Å². The van der Waals surface area contributed by atoms with Crippen molar-refractivity contribution in [1.82, 2.24) is 24.4 Å². The fourth-order valence-corrected chi connectivity index (χ4v) is 3.47. The first-order valence-corrected chi connectivity index (χ1v) is 11.6. The monoisotopic (exact) mass is 505 g/mol. The molecule has 0 saturated carbocycles. The van der Waals surface area contributed by atoms with Gasteiger partial charge in [-0.15, -0.1) is 0 Å². The van der Waals surface area contributed by atoms with Crippen molar-refractivity contribution in [2.45, 2.75) is 13.8 Å². The number of nitrogens with zero attached hydrogens (tertiary/aromatic N) is 5. The Hall–Kier alpha value is -4.71. The van der Waals surface area contributed by atoms with Gasteiger partial charge in [0.1, 0.15) is 22.9 Å². The number of aryl methyl sites for hydroxylation is 2. The van der Waals surface area contributed by atoms with Crippen LogP contribution in [-0.2, 0) is 10.5 Å². The van der Waals surface area contributed by atoms with Crippen molar-refractivity contribution in [3.05, 3.63) is 95.7 Å². The largest absolute Gasteiger partial charge is 0.308 e. The predicted molar refractivity (Wildman–Crippen MR) is 131 cm³/mol. The van der Waals surface area contributed by atoms with Gasteiger partial charge in [-0.25, -0.2) is 18.6 Å². The van der Waals surface area contributed by atoms with E-state index in [2.05, 4.69) is 20.5 Å². The van der Waals surface area contributed by atoms with Gasteiger partial charge >= 0.3 is 10.5 Å². The van der Waals surface area contributed by atoms with Crippen LogP contribution in [0.25, 0.3) is 22.6 Å². The van der Waals surface area contributed by atoms with Crippen molar-refractivity contribution in [2.75, 3.05) is 5.32 Å². The van der Waals surface area contributed by atoms with E-state index in [9.17, 15) is 9.18 Å². The molecule has 0 fully saturated rings. The molecule has 5 rings (SSSR count). The highest BCUT2D eigenvalue weighted by atomic mass is 32.2. The molecule has 2 aromatic carbocycles. The van der Waals surface area contributed by atoms with Gasteiger partial charge < -0.3 is 5.32 Å². The molecule has 12 heteroatoms. The van der Waals surface area contributed by atoms with E-state index >= 15 is 0 Å². The summed E-state index contributed by atoms with van der Waals surface area (Å²) in [4.78, 5) is 17.3. The summed E-state index contributed by atoms with van der Waals surface area (Å²) >= 11 is 0. The molecule has 0 aliphatic heterocycles. The molecule has 3 heterocycles. The third-order valence-electron chi connectivity index (χ3n) is 5.15. The van der Waals surface area contributed by atoms with Gasteiger partial charge in [-0.3, -0.25) is 4.79 Å². The molecule has 3 aromatic heterocycles. The van der Waals surface area contributed by atoms with E-state index < -0.39 is 22.2 Å². The fraction of sp³-hybridized carbons (Fsp3) is 0.0833. The summed E-state index contributed by atoms with van der Waals surface area (Å²) in [7, 11) is -2.61. The van der Waals surface area contributed by atoms with Gasteiger partial charge in [0.05, 0.1) is 11.9 Å². The number of nitrogens with one attached hydrogen (secondary N) is 2. The van der Waals surface area contributed by atoms with Crippen LogP contribution in [0.1, 0.15) is 21.5 Å². The highest BCUT2D eigenvalue weighted by molar-refractivity contribution is 7.60. The Labute approximate surface area is 206 Å². The summed E-state index contributed by atoms with van der Waals surface area (Å²) in [6.45, 7) is 3.81.